The van der Waals surface area contributed by atoms with Crippen molar-refractivity contribution in [2.24, 2.45) is 0 Å². The normalized spacial score (nSPS) is 23.1. The van der Waals surface area contributed by atoms with E-state index >= 15 is 0 Å². The molecule has 1 heterocycles. The van der Waals surface area contributed by atoms with Gasteiger partial charge in [0.1, 0.15) is 17.6 Å². The highest BCUT2D eigenvalue weighted by molar-refractivity contribution is 5.49. The second-order valence-electron chi connectivity index (χ2n) is 5.51. The Bertz CT molecular complexity index is 471. The Morgan fingerprint density at radius 3 is 2.67 bits per heavy atom. The lowest BCUT2D eigenvalue weighted by molar-refractivity contribution is -0.0448. The van der Waals surface area contributed by atoms with Crippen LogP contribution in [0.5, 0.6) is 11.5 Å². The molecule has 0 amide bonds. The van der Waals surface area contributed by atoms with E-state index in [-0.39, 0.29) is 17.8 Å². The summed E-state index contributed by atoms with van der Waals surface area (Å²) in [6.45, 7) is 9.15. The highest BCUT2D eigenvalue weighted by Crippen LogP contribution is 2.42. The topological polar surface area (TPSA) is 49.7 Å². The second kappa shape index (κ2) is 4.32. The largest absolute Gasteiger partial charge is 0.508 e. The molecule has 0 aliphatic carbocycles. The maximum Gasteiger partial charge on any atom is 0.128 e. The zero-order valence-corrected chi connectivity index (χ0v) is 11.1. The molecule has 2 rings (SSSR count). The maximum atomic E-state index is 10.1. The Kier molecular flexibility index (Phi) is 3.11. The highest BCUT2D eigenvalue weighted by atomic mass is 16.5. The Labute approximate surface area is 108 Å². The van der Waals surface area contributed by atoms with Gasteiger partial charge < -0.3 is 14.9 Å². The van der Waals surface area contributed by atoms with Crippen molar-refractivity contribution in [2.45, 2.75) is 44.8 Å². The van der Waals surface area contributed by atoms with Crippen LogP contribution in [0.2, 0.25) is 0 Å². The van der Waals surface area contributed by atoms with E-state index in [1.807, 2.05) is 19.1 Å². The number of hydrogen-bond donors (Lipinski definition) is 2. The molecule has 98 valence electrons. The third-order valence-corrected chi connectivity index (χ3v) is 3.54. The quantitative estimate of drug-likeness (QED) is 0.791. The SMILES string of the molecule is C=C[C@H]1C[C@@H](C(C)(C)O)Oc2cc(C)c(O)cc21. The first-order valence-corrected chi connectivity index (χ1v) is 6.18. The number of hydrogen-bond acceptors (Lipinski definition) is 3. The van der Waals surface area contributed by atoms with Crippen LogP contribution in [0, 0.1) is 6.92 Å². The van der Waals surface area contributed by atoms with Crippen LogP contribution >= 0.6 is 0 Å². The zero-order chi connectivity index (χ0) is 13.5. The maximum absolute atomic E-state index is 10.1. The molecule has 0 spiro atoms. The average Bonchev–Trinajstić information content (AvgIpc) is 2.28. The first-order chi connectivity index (χ1) is 8.32. The fourth-order valence-electron chi connectivity index (χ4n) is 2.29. The molecule has 0 unspecified atom stereocenters. The van der Waals surface area contributed by atoms with Crippen molar-refractivity contribution in [3.63, 3.8) is 0 Å². The molecule has 3 nitrogen and oxygen atoms in total. The number of aryl methyl sites for hydroxylation is 1. The van der Waals surface area contributed by atoms with Gasteiger partial charge >= 0.3 is 0 Å². The lowest BCUT2D eigenvalue weighted by Gasteiger charge is -2.37. The second-order valence-corrected chi connectivity index (χ2v) is 5.51. The van der Waals surface area contributed by atoms with Crippen molar-refractivity contribution in [3.05, 3.63) is 35.9 Å². The molecule has 0 radical (unpaired) electrons. The van der Waals surface area contributed by atoms with Gasteiger partial charge in [-0.25, -0.2) is 0 Å². The summed E-state index contributed by atoms with van der Waals surface area (Å²) in [5.41, 5.74) is 0.812. The summed E-state index contributed by atoms with van der Waals surface area (Å²) in [6.07, 6.45) is 2.24. The van der Waals surface area contributed by atoms with Gasteiger partial charge in [0.25, 0.3) is 0 Å². The lowest BCUT2D eigenvalue weighted by Crippen LogP contribution is -2.43. The molecule has 18 heavy (non-hydrogen) atoms. The molecule has 0 aromatic heterocycles. The molecule has 3 heteroatoms. The molecule has 0 bridgehead atoms. The predicted molar refractivity (Wildman–Crippen MR) is 71.1 cm³/mol. The van der Waals surface area contributed by atoms with Crippen LogP contribution in [0.4, 0.5) is 0 Å². The number of ether oxygens (including phenoxy) is 1. The zero-order valence-electron chi connectivity index (χ0n) is 11.1. The Morgan fingerprint density at radius 1 is 1.44 bits per heavy atom. The van der Waals surface area contributed by atoms with E-state index in [4.69, 9.17) is 4.74 Å². The van der Waals surface area contributed by atoms with Gasteiger partial charge in [0.2, 0.25) is 0 Å². The predicted octanol–water partition coefficient (Wildman–Crippen LogP) is 2.89. The van der Waals surface area contributed by atoms with Gasteiger partial charge in [-0.05, 0) is 44.9 Å². The monoisotopic (exact) mass is 248 g/mol. The molecule has 0 saturated carbocycles. The van der Waals surface area contributed by atoms with E-state index in [2.05, 4.69) is 6.58 Å². The van der Waals surface area contributed by atoms with E-state index in [1.54, 1.807) is 19.9 Å². The minimum absolute atomic E-state index is 0.0941. The average molecular weight is 248 g/mol. The number of fused-ring (bicyclic) bond motifs is 1. The van der Waals surface area contributed by atoms with Crippen molar-refractivity contribution < 1.29 is 14.9 Å². The van der Waals surface area contributed by atoms with Gasteiger partial charge in [-0.2, -0.15) is 0 Å². The number of phenolic OH excluding ortho intramolecular Hbond substituents is 1. The summed E-state index contributed by atoms with van der Waals surface area (Å²) >= 11 is 0. The number of aromatic hydroxyl groups is 1. The number of benzene rings is 1. The fourth-order valence-corrected chi connectivity index (χ4v) is 2.29. The van der Waals surface area contributed by atoms with E-state index in [1.165, 1.54) is 0 Å². The summed E-state index contributed by atoms with van der Waals surface area (Å²) in [5.74, 6) is 1.09. The Hall–Kier alpha value is -1.48. The van der Waals surface area contributed by atoms with Crippen molar-refractivity contribution in [2.75, 3.05) is 0 Å². The standard InChI is InChI=1S/C15H20O3/c1-5-10-7-14(15(3,4)17)18-13-6-9(2)12(16)8-11(10)13/h5-6,8,10,14,16-17H,1,7H2,2-4H3/t10-,14-/m0/s1. The van der Waals surface area contributed by atoms with E-state index < -0.39 is 5.60 Å². The molecule has 1 aromatic rings. The molecule has 1 aromatic carbocycles. The minimum atomic E-state index is -0.898. The molecule has 1 aliphatic heterocycles. The molecule has 0 saturated heterocycles. The van der Waals surface area contributed by atoms with Gasteiger partial charge in [0.05, 0.1) is 5.60 Å². The first kappa shape index (κ1) is 13.0. The summed E-state index contributed by atoms with van der Waals surface area (Å²) in [4.78, 5) is 0. The van der Waals surface area contributed by atoms with Crippen molar-refractivity contribution in [1.29, 1.82) is 0 Å². The van der Waals surface area contributed by atoms with Gasteiger partial charge in [0, 0.05) is 11.5 Å². The summed E-state index contributed by atoms with van der Waals surface area (Å²) in [7, 11) is 0. The minimum Gasteiger partial charge on any atom is -0.508 e. The summed E-state index contributed by atoms with van der Waals surface area (Å²) in [5, 5.41) is 19.9. The van der Waals surface area contributed by atoms with Crippen LogP contribution in [0.1, 0.15) is 37.3 Å². The lowest BCUT2D eigenvalue weighted by atomic mass is 9.84. The highest BCUT2D eigenvalue weighted by Gasteiger charge is 2.36. The van der Waals surface area contributed by atoms with Crippen LogP contribution in [-0.4, -0.2) is 21.9 Å². The first-order valence-electron chi connectivity index (χ1n) is 6.18. The van der Waals surface area contributed by atoms with E-state index in [9.17, 15) is 10.2 Å². The molecule has 2 atom stereocenters. The van der Waals surface area contributed by atoms with E-state index in [0.717, 1.165) is 16.9 Å². The molecular formula is C15H20O3. The van der Waals surface area contributed by atoms with Crippen molar-refractivity contribution in [3.8, 4) is 11.5 Å². The Balaban J connectivity index is 2.45. The number of rotatable bonds is 2. The summed E-state index contributed by atoms with van der Waals surface area (Å²) in [6, 6.07) is 3.55. The summed E-state index contributed by atoms with van der Waals surface area (Å²) < 4.78 is 5.86. The van der Waals surface area contributed by atoms with Crippen molar-refractivity contribution in [1.82, 2.24) is 0 Å². The molecule has 2 N–H and O–H groups in total. The van der Waals surface area contributed by atoms with Crippen LogP contribution in [0.15, 0.2) is 24.8 Å². The molecule has 0 fully saturated rings. The van der Waals surface area contributed by atoms with Gasteiger partial charge in [-0.1, -0.05) is 6.08 Å². The van der Waals surface area contributed by atoms with Crippen LogP contribution < -0.4 is 4.74 Å². The van der Waals surface area contributed by atoms with Gasteiger partial charge in [0.15, 0.2) is 0 Å². The third-order valence-electron chi connectivity index (χ3n) is 3.54. The van der Waals surface area contributed by atoms with Gasteiger partial charge in [-0.15, -0.1) is 6.58 Å². The fraction of sp³-hybridized carbons (Fsp3) is 0.467. The number of phenols is 1. The van der Waals surface area contributed by atoms with Crippen molar-refractivity contribution >= 4 is 0 Å². The smallest absolute Gasteiger partial charge is 0.128 e. The third kappa shape index (κ3) is 2.23. The van der Waals surface area contributed by atoms with E-state index in [0.29, 0.717) is 6.42 Å². The molecular weight excluding hydrogens is 228 g/mol. The number of allylic oxidation sites excluding steroid dienone is 1. The van der Waals surface area contributed by atoms with Crippen LogP contribution in [-0.2, 0) is 0 Å². The number of aliphatic hydroxyl groups is 1. The van der Waals surface area contributed by atoms with Crippen LogP contribution in [0.25, 0.3) is 0 Å². The Morgan fingerprint density at radius 2 is 2.11 bits per heavy atom. The van der Waals surface area contributed by atoms with Crippen LogP contribution in [0.3, 0.4) is 0 Å². The molecule has 1 aliphatic rings. The van der Waals surface area contributed by atoms with Gasteiger partial charge in [-0.3, -0.25) is 0 Å².